The predicted molar refractivity (Wildman–Crippen MR) is 188 cm³/mol. The second kappa shape index (κ2) is 10.3. The zero-order valence-electron chi connectivity index (χ0n) is 24.4. The highest BCUT2D eigenvalue weighted by atomic mass is 15.0. The van der Waals surface area contributed by atoms with Gasteiger partial charge in [-0.3, -0.25) is 0 Å². The fourth-order valence-electron chi connectivity index (χ4n) is 6.75. The molecule has 3 heteroatoms. The number of fused-ring (bicyclic) bond motifs is 5. The number of nitrogens with zero attached hydrogens (tertiary/aromatic N) is 3. The quantitative estimate of drug-likeness (QED) is 0.210. The summed E-state index contributed by atoms with van der Waals surface area (Å²) in [7, 11) is 0. The maximum absolute atomic E-state index is 5.17. The van der Waals surface area contributed by atoms with Crippen molar-refractivity contribution in [2.24, 2.45) is 0 Å². The summed E-state index contributed by atoms with van der Waals surface area (Å²) in [6.45, 7) is 0. The highest BCUT2D eigenvalue weighted by molar-refractivity contribution is 6.09. The van der Waals surface area contributed by atoms with Gasteiger partial charge in [0.2, 0.25) is 0 Å². The van der Waals surface area contributed by atoms with Gasteiger partial charge in [0.1, 0.15) is 0 Å². The molecule has 45 heavy (non-hydrogen) atoms. The van der Waals surface area contributed by atoms with E-state index in [0.717, 1.165) is 44.6 Å². The normalized spacial score (nSPS) is 11.6. The Balaban J connectivity index is 1.18. The van der Waals surface area contributed by atoms with Crippen LogP contribution in [0.15, 0.2) is 164 Å². The lowest BCUT2D eigenvalue weighted by atomic mass is 9.94. The highest BCUT2D eigenvalue weighted by Gasteiger charge is 2.16. The van der Waals surface area contributed by atoms with E-state index >= 15 is 0 Å². The first-order valence-electron chi connectivity index (χ1n) is 15.3. The molecule has 9 aromatic rings. The molecule has 3 nitrogen and oxygen atoms in total. The Hall–Kier alpha value is -6.06. The second-order valence-corrected chi connectivity index (χ2v) is 11.4. The minimum absolute atomic E-state index is 0.733. The van der Waals surface area contributed by atoms with E-state index in [9.17, 15) is 0 Å². The van der Waals surface area contributed by atoms with Gasteiger partial charge in [-0.2, -0.15) is 0 Å². The lowest BCUT2D eigenvalue weighted by molar-refractivity contribution is 1.18. The van der Waals surface area contributed by atoms with Crippen LogP contribution in [0, 0.1) is 0 Å². The van der Waals surface area contributed by atoms with Gasteiger partial charge in [0.15, 0.2) is 5.82 Å². The third kappa shape index (κ3) is 4.13. The van der Waals surface area contributed by atoms with Crippen molar-refractivity contribution in [1.82, 2.24) is 14.5 Å². The van der Waals surface area contributed by atoms with Crippen molar-refractivity contribution in [2.45, 2.75) is 0 Å². The Morgan fingerprint density at radius 3 is 1.58 bits per heavy atom. The van der Waals surface area contributed by atoms with Crippen LogP contribution in [-0.4, -0.2) is 14.5 Å². The van der Waals surface area contributed by atoms with Gasteiger partial charge in [-0.15, -0.1) is 0 Å². The van der Waals surface area contributed by atoms with Gasteiger partial charge in [0.25, 0.3) is 0 Å². The van der Waals surface area contributed by atoms with Crippen molar-refractivity contribution in [3.05, 3.63) is 164 Å². The van der Waals surface area contributed by atoms with Crippen molar-refractivity contribution in [2.75, 3.05) is 0 Å². The van der Waals surface area contributed by atoms with E-state index in [1.807, 2.05) is 12.1 Å². The molecule has 9 rings (SSSR count). The van der Waals surface area contributed by atoms with E-state index in [1.165, 1.54) is 38.3 Å². The van der Waals surface area contributed by atoms with Crippen LogP contribution in [0.25, 0.3) is 82.9 Å². The third-order valence-corrected chi connectivity index (χ3v) is 8.83. The monoisotopic (exact) mass is 573 g/mol. The van der Waals surface area contributed by atoms with Crippen LogP contribution in [0.1, 0.15) is 0 Å². The Kier molecular flexibility index (Phi) is 5.82. The Bertz CT molecular complexity index is 2470. The molecule has 0 aliphatic heterocycles. The van der Waals surface area contributed by atoms with Crippen LogP contribution in [-0.2, 0) is 0 Å². The first-order valence-corrected chi connectivity index (χ1v) is 15.3. The van der Waals surface area contributed by atoms with E-state index in [0.29, 0.717) is 0 Å². The maximum atomic E-state index is 5.17. The average molecular weight is 574 g/mol. The SMILES string of the molecule is c1ccc(-c2nc(-c3ccc(-c4ccc(-n5c6ccccc6c6ccccc65)cc4)c4ccccc34)nc3ccccc23)cc1. The molecular formula is C42H27N3. The molecule has 0 saturated carbocycles. The number of hydrogen-bond acceptors (Lipinski definition) is 2. The molecule has 2 aromatic heterocycles. The maximum Gasteiger partial charge on any atom is 0.161 e. The van der Waals surface area contributed by atoms with Crippen LogP contribution in [0.3, 0.4) is 0 Å². The molecule has 0 N–H and O–H groups in total. The molecule has 0 aliphatic rings. The Morgan fingerprint density at radius 2 is 0.889 bits per heavy atom. The molecular weight excluding hydrogens is 546 g/mol. The van der Waals surface area contributed by atoms with E-state index in [-0.39, 0.29) is 0 Å². The molecule has 210 valence electrons. The van der Waals surface area contributed by atoms with Gasteiger partial charge in [0.05, 0.1) is 22.2 Å². The van der Waals surface area contributed by atoms with Crippen molar-refractivity contribution >= 4 is 43.5 Å². The molecule has 0 aliphatic carbocycles. The first-order chi connectivity index (χ1) is 22.3. The van der Waals surface area contributed by atoms with Gasteiger partial charge in [-0.25, -0.2) is 9.97 Å². The first kappa shape index (κ1) is 25.4. The summed E-state index contributed by atoms with van der Waals surface area (Å²) < 4.78 is 2.36. The third-order valence-electron chi connectivity index (χ3n) is 8.83. The lowest BCUT2D eigenvalue weighted by Gasteiger charge is -2.14. The fraction of sp³-hybridized carbons (Fsp3) is 0. The number of benzene rings is 7. The van der Waals surface area contributed by atoms with Crippen molar-refractivity contribution in [1.29, 1.82) is 0 Å². The molecule has 0 fully saturated rings. The lowest BCUT2D eigenvalue weighted by Crippen LogP contribution is -1.96. The standard InChI is InChI=1S/C42H27N3/c1-2-12-29(13-3-1)41-37-18-6-9-19-38(37)43-42(44-41)36-27-26-31(32-14-4-5-15-33(32)36)28-22-24-30(25-23-28)45-39-20-10-7-16-34(39)35-17-8-11-21-40(35)45/h1-27H. The number of para-hydroxylation sites is 3. The van der Waals surface area contributed by atoms with E-state index in [2.05, 4.69) is 156 Å². The zero-order valence-corrected chi connectivity index (χ0v) is 24.4. The molecule has 0 radical (unpaired) electrons. The fourth-order valence-corrected chi connectivity index (χ4v) is 6.75. The van der Waals surface area contributed by atoms with Crippen molar-refractivity contribution in [3.8, 4) is 39.5 Å². The van der Waals surface area contributed by atoms with E-state index < -0.39 is 0 Å². The number of hydrogen-bond donors (Lipinski definition) is 0. The van der Waals surface area contributed by atoms with Crippen LogP contribution in [0.2, 0.25) is 0 Å². The van der Waals surface area contributed by atoms with Crippen LogP contribution in [0.4, 0.5) is 0 Å². The summed E-state index contributed by atoms with van der Waals surface area (Å²) in [5, 5.41) is 5.90. The number of rotatable bonds is 4. The second-order valence-electron chi connectivity index (χ2n) is 11.4. The summed E-state index contributed by atoms with van der Waals surface area (Å²) in [5.41, 5.74) is 9.94. The molecule has 0 saturated heterocycles. The molecule has 0 bridgehead atoms. The minimum atomic E-state index is 0.733. The molecule has 7 aromatic carbocycles. The molecule has 0 atom stereocenters. The van der Waals surface area contributed by atoms with E-state index in [4.69, 9.17) is 9.97 Å². The smallest absolute Gasteiger partial charge is 0.161 e. The van der Waals surface area contributed by atoms with Gasteiger partial charge >= 0.3 is 0 Å². The average Bonchev–Trinajstić information content (AvgIpc) is 3.45. The van der Waals surface area contributed by atoms with Crippen LogP contribution < -0.4 is 0 Å². The van der Waals surface area contributed by atoms with Crippen molar-refractivity contribution in [3.63, 3.8) is 0 Å². The van der Waals surface area contributed by atoms with Crippen molar-refractivity contribution < 1.29 is 0 Å². The van der Waals surface area contributed by atoms with Crippen LogP contribution >= 0.6 is 0 Å². The van der Waals surface area contributed by atoms with E-state index in [1.54, 1.807) is 0 Å². The highest BCUT2D eigenvalue weighted by Crippen LogP contribution is 2.38. The van der Waals surface area contributed by atoms with Gasteiger partial charge in [0, 0.05) is 33.0 Å². The summed E-state index contributed by atoms with van der Waals surface area (Å²) in [6.07, 6.45) is 0. The summed E-state index contributed by atoms with van der Waals surface area (Å²) in [5.74, 6) is 0.733. The van der Waals surface area contributed by atoms with Gasteiger partial charge < -0.3 is 4.57 Å². The molecule has 0 unspecified atom stereocenters. The molecule has 2 heterocycles. The summed E-state index contributed by atoms with van der Waals surface area (Å²) in [6, 6.07) is 57.8. The zero-order chi connectivity index (χ0) is 29.7. The largest absolute Gasteiger partial charge is 0.309 e. The predicted octanol–water partition coefficient (Wildman–Crippen LogP) is 10.9. The number of aromatic nitrogens is 3. The van der Waals surface area contributed by atoms with Crippen LogP contribution in [0.5, 0.6) is 0 Å². The van der Waals surface area contributed by atoms with Gasteiger partial charge in [-0.05, 0) is 58.3 Å². The van der Waals surface area contributed by atoms with Gasteiger partial charge in [-0.1, -0.05) is 127 Å². The topological polar surface area (TPSA) is 30.7 Å². The Labute approximate surface area is 260 Å². The Morgan fingerprint density at radius 1 is 0.356 bits per heavy atom. The minimum Gasteiger partial charge on any atom is -0.309 e. The summed E-state index contributed by atoms with van der Waals surface area (Å²) in [4.78, 5) is 10.2. The molecule has 0 spiro atoms. The summed E-state index contributed by atoms with van der Waals surface area (Å²) >= 11 is 0. The molecule has 0 amide bonds.